The number of thiophene rings is 1. The van der Waals surface area contributed by atoms with E-state index in [0.717, 1.165) is 58.8 Å². The lowest BCUT2D eigenvalue weighted by Crippen LogP contribution is -2.45. The maximum atomic E-state index is 13.1. The Morgan fingerprint density at radius 2 is 2.09 bits per heavy atom. The van der Waals surface area contributed by atoms with Crippen molar-refractivity contribution in [3.63, 3.8) is 0 Å². The molecule has 23 heavy (non-hydrogen) atoms. The minimum absolute atomic E-state index is 0.147. The molecule has 0 saturated carbocycles. The molecule has 3 aliphatic heterocycles. The predicted molar refractivity (Wildman–Crippen MR) is 91.4 cm³/mol. The molecule has 1 amide bonds. The third-order valence-corrected chi connectivity index (χ3v) is 6.64. The summed E-state index contributed by atoms with van der Waals surface area (Å²) in [6.07, 6.45) is 4.43. The lowest BCUT2D eigenvalue weighted by molar-refractivity contribution is -0.139. The standard InChI is InChI=1S/C18H26N2O2S/c21-17(20-6-1-2-7-20)16-12-19(11-15-3-10-23-13-15)14-18(16)4-8-22-9-5-18/h3,10,13,16H,1-2,4-9,11-12,14H2. The predicted octanol–water partition coefficient (Wildman–Crippen LogP) is 2.60. The van der Waals surface area contributed by atoms with Crippen LogP contribution in [0.4, 0.5) is 0 Å². The lowest BCUT2D eigenvalue weighted by Gasteiger charge is -2.38. The highest BCUT2D eigenvalue weighted by molar-refractivity contribution is 7.07. The number of hydrogen-bond donors (Lipinski definition) is 0. The van der Waals surface area contributed by atoms with E-state index in [1.807, 2.05) is 0 Å². The Morgan fingerprint density at radius 3 is 2.78 bits per heavy atom. The van der Waals surface area contributed by atoms with Crippen LogP contribution in [0, 0.1) is 11.3 Å². The molecular formula is C18H26N2O2S. The van der Waals surface area contributed by atoms with E-state index in [2.05, 4.69) is 26.6 Å². The molecule has 1 aromatic heterocycles. The van der Waals surface area contributed by atoms with Gasteiger partial charge in [0.15, 0.2) is 0 Å². The first-order valence-corrected chi connectivity index (χ1v) is 9.81. The number of ether oxygens (including phenoxy) is 1. The number of likely N-dealkylation sites (tertiary alicyclic amines) is 2. The van der Waals surface area contributed by atoms with Crippen molar-refractivity contribution in [2.75, 3.05) is 39.4 Å². The number of amides is 1. The van der Waals surface area contributed by atoms with Crippen molar-refractivity contribution >= 4 is 17.2 Å². The van der Waals surface area contributed by atoms with E-state index in [1.54, 1.807) is 11.3 Å². The molecule has 126 valence electrons. The Balaban J connectivity index is 1.52. The van der Waals surface area contributed by atoms with E-state index in [9.17, 15) is 4.79 Å². The van der Waals surface area contributed by atoms with Gasteiger partial charge in [0.2, 0.25) is 5.91 Å². The Kier molecular flexibility index (Phi) is 4.43. The average molecular weight is 334 g/mol. The van der Waals surface area contributed by atoms with Gasteiger partial charge in [0.1, 0.15) is 0 Å². The fraction of sp³-hybridized carbons (Fsp3) is 0.722. The molecule has 1 unspecified atom stereocenters. The van der Waals surface area contributed by atoms with Crippen LogP contribution in [0.2, 0.25) is 0 Å². The largest absolute Gasteiger partial charge is 0.381 e. The molecule has 0 bridgehead atoms. The topological polar surface area (TPSA) is 32.8 Å². The minimum Gasteiger partial charge on any atom is -0.381 e. The molecule has 0 aromatic carbocycles. The first kappa shape index (κ1) is 15.6. The zero-order valence-corrected chi connectivity index (χ0v) is 14.5. The summed E-state index contributed by atoms with van der Waals surface area (Å²) in [6.45, 7) is 6.52. The molecule has 3 fully saturated rings. The van der Waals surface area contributed by atoms with Gasteiger partial charge in [0, 0.05) is 51.4 Å². The molecule has 3 aliphatic rings. The van der Waals surface area contributed by atoms with E-state index in [0.29, 0.717) is 5.91 Å². The smallest absolute Gasteiger partial charge is 0.227 e. The fourth-order valence-electron chi connectivity index (χ4n) is 4.62. The molecule has 0 N–H and O–H groups in total. The summed E-state index contributed by atoms with van der Waals surface area (Å²) in [7, 11) is 0. The number of rotatable bonds is 3. The van der Waals surface area contributed by atoms with Crippen molar-refractivity contribution in [3.05, 3.63) is 22.4 Å². The molecule has 4 nitrogen and oxygen atoms in total. The van der Waals surface area contributed by atoms with Crippen LogP contribution in [-0.4, -0.2) is 55.1 Å². The van der Waals surface area contributed by atoms with Crippen molar-refractivity contribution in [1.82, 2.24) is 9.80 Å². The lowest BCUT2D eigenvalue weighted by atomic mass is 9.71. The van der Waals surface area contributed by atoms with Gasteiger partial charge in [-0.25, -0.2) is 0 Å². The van der Waals surface area contributed by atoms with Crippen molar-refractivity contribution in [3.8, 4) is 0 Å². The van der Waals surface area contributed by atoms with Crippen molar-refractivity contribution in [2.45, 2.75) is 32.2 Å². The summed E-state index contributed by atoms with van der Waals surface area (Å²) in [5, 5.41) is 4.37. The third-order valence-electron chi connectivity index (χ3n) is 5.91. The van der Waals surface area contributed by atoms with E-state index in [1.165, 1.54) is 18.4 Å². The molecule has 0 aliphatic carbocycles. The van der Waals surface area contributed by atoms with Gasteiger partial charge in [-0.05, 0) is 48.1 Å². The summed E-state index contributed by atoms with van der Waals surface area (Å²) in [6, 6.07) is 2.21. The van der Waals surface area contributed by atoms with Gasteiger partial charge < -0.3 is 9.64 Å². The van der Waals surface area contributed by atoms with E-state index in [-0.39, 0.29) is 11.3 Å². The third kappa shape index (κ3) is 3.06. The van der Waals surface area contributed by atoms with Crippen LogP contribution in [-0.2, 0) is 16.1 Å². The normalized spacial score (nSPS) is 27.8. The van der Waals surface area contributed by atoms with E-state index in [4.69, 9.17) is 4.74 Å². The van der Waals surface area contributed by atoms with Crippen molar-refractivity contribution in [2.24, 2.45) is 11.3 Å². The highest BCUT2D eigenvalue weighted by atomic mass is 32.1. The van der Waals surface area contributed by atoms with Gasteiger partial charge in [-0.2, -0.15) is 11.3 Å². The number of nitrogens with zero attached hydrogens (tertiary/aromatic N) is 2. The molecule has 1 spiro atoms. The van der Waals surface area contributed by atoms with Gasteiger partial charge in [0.05, 0.1) is 5.92 Å². The molecule has 4 rings (SSSR count). The second kappa shape index (κ2) is 6.54. The molecule has 0 radical (unpaired) electrons. The Morgan fingerprint density at radius 1 is 1.30 bits per heavy atom. The summed E-state index contributed by atoms with van der Waals surface area (Å²) in [5.74, 6) is 0.584. The molecule has 3 saturated heterocycles. The Bertz CT molecular complexity index is 533. The van der Waals surface area contributed by atoms with E-state index < -0.39 is 0 Å². The monoisotopic (exact) mass is 334 g/mol. The second-order valence-electron chi connectivity index (χ2n) is 7.36. The molecule has 1 atom stereocenters. The number of carbonyl (C=O) groups excluding carboxylic acids is 1. The molecule has 4 heterocycles. The highest BCUT2D eigenvalue weighted by Crippen LogP contribution is 2.45. The molecular weight excluding hydrogens is 308 g/mol. The maximum Gasteiger partial charge on any atom is 0.227 e. The first-order chi connectivity index (χ1) is 11.3. The van der Waals surface area contributed by atoms with Gasteiger partial charge in [-0.15, -0.1) is 0 Å². The van der Waals surface area contributed by atoms with Gasteiger partial charge >= 0.3 is 0 Å². The number of hydrogen-bond acceptors (Lipinski definition) is 4. The maximum absolute atomic E-state index is 13.1. The second-order valence-corrected chi connectivity index (χ2v) is 8.14. The first-order valence-electron chi connectivity index (χ1n) is 8.87. The number of carbonyl (C=O) groups is 1. The summed E-state index contributed by atoms with van der Waals surface area (Å²) >= 11 is 1.76. The van der Waals surface area contributed by atoms with Gasteiger partial charge in [-0.3, -0.25) is 9.69 Å². The van der Waals surface area contributed by atoms with Crippen LogP contribution < -0.4 is 0 Å². The minimum atomic E-state index is 0.147. The Labute approximate surface area is 142 Å². The van der Waals surface area contributed by atoms with Crippen LogP contribution in [0.15, 0.2) is 16.8 Å². The van der Waals surface area contributed by atoms with Crippen LogP contribution in [0.3, 0.4) is 0 Å². The fourth-order valence-corrected chi connectivity index (χ4v) is 5.28. The van der Waals surface area contributed by atoms with Crippen LogP contribution in [0.25, 0.3) is 0 Å². The van der Waals surface area contributed by atoms with Crippen LogP contribution >= 0.6 is 11.3 Å². The average Bonchev–Trinajstić information content (AvgIpc) is 3.30. The zero-order chi connectivity index (χ0) is 15.7. The van der Waals surface area contributed by atoms with E-state index >= 15 is 0 Å². The van der Waals surface area contributed by atoms with Crippen molar-refractivity contribution in [1.29, 1.82) is 0 Å². The zero-order valence-electron chi connectivity index (χ0n) is 13.7. The molecule has 5 heteroatoms. The highest BCUT2D eigenvalue weighted by Gasteiger charge is 2.51. The van der Waals surface area contributed by atoms with Gasteiger partial charge in [0.25, 0.3) is 0 Å². The summed E-state index contributed by atoms with van der Waals surface area (Å²) < 4.78 is 5.61. The van der Waals surface area contributed by atoms with Crippen LogP contribution in [0.1, 0.15) is 31.2 Å². The SMILES string of the molecule is O=C(C1CN(Cc2ccsc2)CC12CCOCC2)N1CCCC1. The summed E-state index contributed by atoms with van der Waals surface area (Å²) in [4.78, 5) is 17.8. The Hall–Kier alpha value is -0.910. The van der Waals surface area contributed by atoms with Crippen LogP contribution in [0.5, 0.6) is 0 Å². The van der Waals surface area contributed by atoms with Gasteiger partial charge in [-0.1, -0.05) is 0 Å². The molecule has 1 aromatic rings. The van der Waals surface area contributed by atoms with Crippen molar-refractivity contribution < 1.29 is 9.53 Å². The quantitative estimate of drug-likeness (QED) is 0.852. The summed E-state index contributed by atoms with van der Waals surface area (Å²) in [5.41, 5.74) is 1.53.